The van der Waals surface area contributed by atoms with Crippen molar-refractivity contribution in [3.8, 4) is 0 Å². The fourth-order valence-electron chi connectivity index (χ4n) is 0.879. The Morgan fingerprint density at radius 2 is 1.38 bits per heavy atom. The molecule has 0 aromatic rings. The van der Waals surface area contributed by atoms with Crippen LogP contribution in [-0.2, 0) is 0 Å². The van der Waals surface area contributed by atoms with Crippen LogP contribution in [0.25, 0.3) is 0 Å². The molecule has 0 bridgehead atoms. The molecule has 0 heterocycles. The molecule has 10 N–H and O–H groups in total. The van der Waals surface area contributed by atoms with Gasteiger partial charge in [0.25, 0.3) is 0 Å². The standard InChI is InChI=1S/C9H16N2.2H3N/c1-4-7(8(10)5-2)9(11)6-3;;/h4-6,8-9H,2-3,10-11H2,1H3;2*1H3. The lowest BCUT2D eigenvalue weighted by Gasteiger charge is -2.15. The summed E-state index contributed by atoms with van der Waals surface area (Å²) >= 11 is 0. The highest BCUT2D eigenvalue weighted by molar-refractivity contribution is 5.24. The van der Waals surface area contributed by atoms with Crippen molar-refractivity contribution in [3.63, 3.8) is 0 Å². The largest absolute Gasteiger partial charge is 0.344 e. The first-order chi connectivity index (χ1) is 5.17. The third-order valence-electron chi connectivity index (χ3n) is 1.61. The predicted octanol–water partition coefficient (Wildman–Crippen LogP) is 1.28. The van der Waals surface area contributed by atoms with Crippen molar-refractivity contribution in [2.75, 3.05) is 0 Å². The summed E-state index contributed by atoms with van der Waals surface area (Å²) in [6, 6.07) is -0.319. The molecule has 0 rings (SSSR count). The van der Waals surface area contributed by atoms with E-state index in [0.717, 1.165) is 5.57 Å². The molecule has 0 aliphatic heterocycles. The lowest BCUT2D eigenvalue weighted by Crippen LogP contribution is -2.31. The maximum Gasteiger partial charge on any atom is 0.0455 e. The van der Waals surface area contributed by atoms with Crippen LogP contribution < -0.4 is 23.8 Å². The molecule has 0 aromatic carbocycles. The molecule has 0 aromatic heterocycles. The van der Waals surface area contributed by atoms with Gasteiger partial charge in [-0.25, -0.2) is 0 Å². The van der Waals surface area contributed by atoms with Gasteiger partial charge >= 0.3 is 0 Å². The maximum atomic E-state index is 5.69. The molecule has 0 radical (unpaired) electrons. The summed E-state index contributed by atoms with van der Waals surface area (Å²) in [4.78, 5) is 0. The van der Waals surface area contributed by atoms with Crippen molar-refractivity contribution in [2.45, 2.75) is 19.0 Å². The van der Waals surface area contributed by atoms with Gasteiger partial charge in [0.05, 0.1) is 0 Å². The van der Waals surface area contributed by atoms with Gasteiger partial charge in [0, 0.05) is 12.1 Å². The molecule has 2 unspecified atom stereocenters. The van der Waals surface area contributed by atoms with Gasteiger partial charge in [-0.1, -0.05) is 18.2 Å². The molecule has 0 spiro atoms. The summed E-state index contributed by atoms with van der Waals surface area (Å²) in [5, 5.41) is 0. The Hall–Kier alpha value is -0.940. The Balaban J connectivity index is -0.000000500. The van der Waals surface area contributed by atoms with Crippen LogP contribution in [0.3, 0.4) is 0 Å². The van der Waals surface area contributed by atoms with E-state index in [-0.39, 0.29) is 24.4 Å². The highest BCUT2D eigenvalue weighted by Gasteiger charge is 2.09. The van der Waals surface area contributed by atoms with E-state index in [1.807, 2.05) is 13.0 Å². The average Bonchev–Trinajstić information content (AvgIpc) is 2.05. The van der Waals surface area contributed by atoms with E-state index in [4.69, 9.17) is 11.5 Å². The van der Waals surface area contributed by atoms with E-state index in [1.54, 1.807) is 12.2 Å². The van der Waals surface area contributed by atoms with Crippen molar-refractivity contribution >= 4 is 0 Å². The van der Waals surface area contributed by atoms with E-state index in [1.165, 1.54) is 0 Å². The van der Waals surface area contributed by atoms with E-state index in [0.29, 0.717) is 0 Å². The highest BCUT2D eigenvalue weighted by Crippen LogP contribution is 2.05. The zero-order chi connectivity index (χ0) is 8.85. The minimum Gasteiger partial charge on any atom is -0.344 e. The van der Waals surface area contributed by atoms with Crippen LogP contribution in [0.5, 0.6) is 0 Å². The molecule has 13 heavy (non-hydrogen) atoms. The van der Waals surface area contributed by atoms with Crippen molar-refractivity contribution in [1.82, 2.24) is 12.3 Å². The van der Waals surface area contributed by atoms with Crippen LogP contribution in [0.4, 0.5) is 0 Å². The Bertz CT molecular complexity index is 158. The average molecular weight is 186 g/mol. The van der Waals surface area contributed by atoms with E-state index in [9.17, 15) is 0 Å². The molecule has 0 amide bonds. The first-order valence-electron chi connectivity index (χ1n) is 3.59. The molecule has 0 aliphatic carbocycles. The number of allylic oxidation sites excluding steroid dienone is 1. The van der Waals surface area contributed by atoms with Crippen LogP contribution in [-0.4, -0.2) is 12.1 Å². The van der Waals surface area contributed by atoms with E-state index in [2.05, 4.69) is 13.2 Å². The summed E-state index contributed by atoms with van der Waals surface area (Å²) in [6.45, 7) is 9.09. The molecule has 4 heteroatoms. The molecule has 78 valence electrons. The molecule has 0 aliphatic rings. The number of rotatable bonds is 4. The number of nitrogens with two attached hydrogens (primary N) is 2. The van der Waals surface area contributed by atoms with Gasteiger partial charge in [-0.15, -0.1) is 13.2 Å². The quantitative estimate of drug-likeness (QED) is 0.494. The van der Waals surface area contributed by atoms with Crippen LogP contribution >= 0.6 is 0 Å². The summed E-state index contributed by atoms with van der Waals surface area (Å²) in [5.74, 6) is 0. The second-order valence-corrected chi connectivity index (χ2v) is 2.31. The molecule has 0 fully saturated rings. The van der Waals surface area contributed by atoms with Gasteiger partial charge in [0.15, 0.2) is 0 Å². The van der Waals surface area contributed by atoms with Gasteiger partial charge in [-0.3, -0.25) is 0 Å². The smallest absolute Gasteiger partial charge is 0.0455 e. The SMILES string of the molecule is C=CC(N)C(=CC)C(N)C=C.N.N. The van der Waals surface area contributed by atoms with Crippen LogP contribution in [0.2, 0.25) is 0 Å². The van der Waals surface area contributed by atoms with Crippen molar-refractivity contribution in [3.05, 3.63) is 37.0 Å². The van der Waals surface area contributed by atoms with Crippen molar-refractivity contribution in [2.24, 2.45) is 11.5 Å². The zero-order valence-corrected chi connectivity index (χ0v) is 8.37. The summed E-state index contributed by atoms with van der Waals surface area (Å²) in [6.07, 6.45) is 5.23. The minimum absolute atomic E-state index is 0. The number of hydrogen-bond acceptors (Lipinski definition) is 4. The Morgan fingerprint density at radius 3 is 1.54 bits per heavy atom. The molecule has 4 nitrogen and oxygen atoms in total. The monoisotopic (exact) mass is 186 g/mol. The Kier molecular flexibility index (Phi) is 12.7. The van der Waals surface area contributed by atoms with Crippen LogP contribution in [0.1, 0.15) is 6.92 Å². The summed E-state index contributed by atoms with van der Waals surface area (Å²) < 4.78 is 0. The lowest BCUT2D eigenvalue weighted by molar-refractivity contribution is 0.823. The number of hydrogen-bond donors (Lipinski definition) is 4. The first-order valence-corrected chi connectivity index (χ1v) is 3.59. The predicted molar refractivity (Wildman–Crippen MR) is 60.1 cm³/mol. The fourth-order valence-corrected chi connectivity index (χ4v) is 0.879. The fraction of sp³-hybridized carbons (Fsp3) is 0.333. The zero-order valence-electron chi connectivity index (χ0n) is 8.37. The minimum atomic E-state index is -0.159. The Morgan fingerprint density at radius 1 is 1.08 bits per heavy atom. The van der Waals surface area contributed by atoms with Gasteiger partial charge in [0.1, 0.15) is 0 Å². The Labute approximate surface area is 80.5 Å². The van der Waals surface area contributed by atoms with Crippen LogP contribution in [0.15, 0.2) is 37.0 Å². The van der Waals surface area contributed by atoms with Gasteiger partial charge in [0.2, 0.25) is 0 Å². The summed E-state index contributed by atoms with van der Waals surface area (Å²) in [5.41, 5.74) is 12.3. The molecular weight excluding hydrogens is 164 g/mol. The molecule has 0 saturated heterocycles. The van der Waals surface area contributed by atoms with Gasteiger partial charge in [-0.2, -0.15) is 0 Å². The lowest BCUT2D eigenvalue weighted by atomic mass is 10.0. The molecule has 2 atom stereocenters. The highest BCUT2D eigenvalue weighted by atomic mass is 14.7. The van der Waals surface area contributed by atoms with Gasteiger partial charge in [-0.05, 0) is 12.5 Å². The van der Waals surface area contributed by atoms with Crippen molar-refractivity contribution < 1.29 is 0 Å². The molecule has 0 saturated carbocycles. The third-order valence-corrected chi connectivity index (χ3v) is 1.61. The third kappa shape index (κ3) is 5.32. The van der Waals surface area contributed by atoms with Crippen molar-refractivity contribution in [1.29, 1.82) is 0 Å². The van der Waals surface area contributed by atoms with E-state index < -0.39 is 0 Å². The second-order valence-electron chi connectivity index (χ2n) is 2.31. The molecular formula is C9H22N4. The summed E-state index contributed by atoms with van der Waals surface area (Å²) in [7, 11) is 0. The second kappa shape index (κ2) is 9.15. The van der Waals surface area contributed by atoms with Crippen LogP contribution in [0, 0.1) is 0 Å². The topological polar surface area (TPSA) is 122 Å². The van der Waals surface area contributed by atoms with E-state index >= 15 is 0 Å². The normalized spacial score (nSPS) is 12.5. The first kappa shape index (κ1) is 18.0. The maximum absolute atomic E-state index is 5.69. The van der Waals surface area contributed by atoms with Gasteiger partial charge < -0.3 is 23.8 Å².